The Kier molecular flexibility index (Phi) is 5.90. The SMILES string of the molecule is Cc1nc2ccncc2c(=O)n1-c1ccc(OCCCN2CCC[C@H](C)C2)cc1. The Labute approximate surface area is 171 Å². The van der Waals surface area contributed by atoms with Gasteiger partial charge in [-0.15, -0.1) is 0 Å². The van der Waals surface area contributed by atoms with E-state index in [1.807, 2.05) is 31.2 Å². The number of aromatic nitrogens is 3. The fourth-order valence-corrected chi connectivity index (χ4v) is 4.10. The van der Waals surface area contributed by atoms with Gasteiger partial charge in [0.1, 0.15) is 11.6 Å². The number of nitrogens with zero attached hydrogens (tertiary/aromatic N) is 4. The second-order valence-corrected chi connectivity index (χ2v) is 7.94. The molecule has 1 saturated heterocycles. The van der Waals surface area contributed by atoms with Gasteiger partial charge in [0, 0.05) is 25.5 Å². The molecular formula is C23H28N4O2. The van der Waals surface area contributed by atoms with Gasteiger partial charge in [0.25, 0.3) is 5.56 Å². The van der Waals surface area contributed by atoms with Crippen LogP contribution in [0.3, 0.4) is 0 Å². The van der Waals surface area contributed by atoms with Crippen molar-refractivity contribution in [1.29, 1.82) is 0 Å². The van der Waals surface area contributed by atoms with Crippen LogP contribution in [0.2, 0.25) is 0 Å². The lowest BCUT2D eigenvalue weighted by Crippen LogP contribution is -2.35. The summed E-state index contributed by atoms with van der Waals surface area (Å²) in [5.41, 5.74) is 1.34. The Bertz CT molecular complexity index is 1030. The highest BCUT2D eigenvalue weighted by molar-refractivity contribution is 5.76. The molecule has 0 saturated carbocycles. The number of benzene rings is 1. The number of likely N-dealkylation sites (tertiary alicyclic amines) is 1. The second kappa shape index (κ2) is 8.74. The number of rotatable bonds is 6. The quantitative estimate of drug-likeness (QED) is 0.600. The molecule has 0 amide bonds. The lowest BCUT2D eigenvalue weighted by atomic mass is 10.0. The molecule has 1 fully saturated rings. The van der Waals surface area contributed by atoms with Crippen molar-refractivity contribution in [1.82, 2.24) is 19.4 Å². The molecule has 6 heteroatoms. The van der Waals surface area contributed by atoms with Gasteiger partial charge in [0.05, 0.1) is 23.2 Å². The molecule has 3 heterocycles. The summed E-state index contributed by atoms with van der Waals surface area (Å²) in [6.45, 7) is 8.38. The Morgan fingerprint density at radius 3 is 2.83 bits per heavy atom. The number of hydrogen-bond donors (Lipinski definition) is 0. The molecule has 3 aromatic rings. The molecule has 2 aromatic heterocycles. The fourth-order valence-electron chi connectivity index (χ4n) is 4.10. The molecule has 0 aliphatic carbocycles. The highest BCUT2D eigenvalue weighted by atomic mass is 16.5. The van der Waals surface area contributed by atoms with E-state index in [1.54, 1.807) is 23.0 Å². The maximum Gasteiger partial charge on any atom is 0.267 e. The van der Waals surface area contributed by atoms with Crippen LogP contribution in [0.4, 0.5) is 0 Å². The molecule has 0 N–H and O–H groups in total. The Morgan fingerprint density at radius 1 is 1.21 bits per heavy atom. The van der Waals surface area contributed by atoms with Crippen molar-refractivity contribution in [2.45, 2.75) is 33.1 Å². The summed E-state index contributed by atoms with van der Waals surface area (Å²) in [6.07, 6.45) is 6.90. The maximum atomic E-state index is 12.9. The zero-order valence-electron chi connectivity index (χ0n) is 17.2. The summed E-state index contributed by atoms with van der Waals surface area (Å²) in [5.74, 6) is 2.28. The van der Waals surface area contributed by atoms with E-state index in [4.69, 9.17) is 4.74 Å². The summed E-state index contributed by atoms with van der Waals surface area (Å²) in [6, 6.07) is 9.39. The number of hydrogen-bond acceptors (Lipinski definition) is 5. The number of ether oxygens (including phenoxy) is 1. The third kappa shape index (κ3) is 4.48. The lowest BCUT2D eigenvalue weighted by molar-refractivity contribution is 0.170. The van der Waals surface area contributed by atoms with Crippen molar-refractivity contribution in [2.24, 2.45) is 5.92 Å². The van der Waals surface area contributed by atoms with Gasteiger partial charge in [0.2, 0.25) is 0 Å². The van der Waals surface area contributed by atoms with Crippen LogP contribution in [0.15, 0.2) is 47.5 Å². The van der Waals surface area contributed by atoms with Gasteiger partial charge in [-0.05, 0) is 69.0 Å². The molecular weight excluding hydrogens is 364 g/mol. The molecule has 1 atom stereocenters. The summed E-state index contributed by atoms with van der Waals surface area (Å²) in [7, 11) is 0. The predicted octanol–water partition coefficient (Wildman–Crippen LogP) is 3.59. The second-order valence-electron chi connectivity index (χ2n) is 7.94. The van der Waals surface area contributed by atoms with Crippen LogP contribution in [0.25, 0.3) is 16.6 Å². The topological polar surface area (TPSA) is 60.3 Å². The third-order valence-electron chi connectivity index (χ3n) is 5.56. The summed E-state index contributed by atoms with van der Waals surface area (Å²) < 4.78 is 7.52. The molecule has 0 radical (unpaired) electrons. The van der Waals surface area contributed by atoms with Crippen LogP contribution >= 0.6 is 0 Å². The zero-order chi connectivity index (χ0) is 20.2. The minimum Gasteiger partial charge on any atom is -0.494 e. The lowest BCUT2D eigenvalue weighted by Gasteiger charge is -2.30. The highest BCUT2D eigenvalue weighted by Crippen LogP contribution is 2.18. The van der Waals surface area contributed by atoms with Crippen LogP contribution in [0.1, 0.15) is 32.0 Å². The summed E-state index contributed by atoms with van der Waals surface area (Å²) in [5, 5.41) is 0.519. The van der Waals surface area contributed by atoms with Crippen LogP contribution in [0, 0.1) is 12.8 Å². The van der Waals surface area contributed by atoms with Crippen LogP contribution in [0.5, 0.6) is 5.75 Å². The van der Waals surface area contributed by atoms with Gasteiger partial charge < -0.3 is 9.64 Å². The minimum absolute atomic E-state index is 0.106. The fraction of sp³-hybridized carbons (Fsp3) is 0.435. The molecule has 1 aliphatic rings. The summed E-state index contributed by atoms with van der Waals surface area (Å²) >= 11 is 0. The van der Waals surface area contributed by atoms with Crippen molar-refractivity contribution >= 4 is 10.9 Å². The molecule has 152 valence electrons. The van der Waals surface area contributed by atoms with Gasteiger partial charge in [0.15, 0.2) is 0 Å². The number of pyridine rings is 1. The van der Waals surface area contributed by atoms with Gasteiger partial charge in [-0.1, -0.05) is 6.92 Å². The molecule has 1 aromatic carbocycles. The first kappa shape index (κ1) is 19.6. The standard InChI is InChI=1S/C23H28N4O2/c1-17-5-3-12-26(16-17)13-4-14-29-20-8-6-19(7-9-20)27-18(2)25-22-10-11-24-15-21(22)23(27)28/h6-11,15,17H,3-5,12-14,16H2,1-2H3/t17-/m0/s1. The number of fused-ring (bicyclic) bond motifs is 1. The molecule has 1 aliphatic heterocycles. The van der Waals surface area contributed by atoms with Crippen molar-refractivity contribution < 1.29 is 4.74 Å². The van der Waals surface area contributed by atoms with Crippen molar-refractivity contribution in [3.63, 3.8) is 0 Å². The highest BCUT2D eigenvalue weighted by Gasteiger charge is 2.15. The van der Waals surface area contributed by atoms with Crippen molar-refractivity contribution in [3.8, 4) is 11.4 Å². The monoisotopic (exact) mass is 392 g/mol. The minimum atomic E-state index is -0.106. The van der Waals surface area contributed by atoms with Gasteiger partial charge >= 0.3 is 0 Å². The molecule has 0 spiro atoms. The number of aryl methyl sites for hydroxylation is 1. The molecule has 0 bridgehead atoms. The summed E-state index contributed by atoms with van der Waals surface area (Å²) in [4.78, 5) is 24.0. The van der Waals surface area contributed by atoms with Gasteiger partial charge in [-0.25, -0.2) is 4.98 Å². The van der Waals surface area contributed by atoms with E-state index in [-0.39, 0.29) is 5.56 Å². The van der Waals surface area contributed by atoms with E-state index >= 15 is 0 Å². The van der Waals surface area contributed by atoms with E-state index in [1.165, 1.54) is 25.9 Å². The molecule has 4 rings (SSSR count). The average Bonchev–Trinajstić information content (AvgIpc) is 2.72. The van der Waals surface area contributed by atoms with Crippen LogP contribution in [-0.2, 0) is 0 Å². The Hall–Kier alpha value is -2.73. The number of piperidine rings is 1. The van der Waals surface area contributed by atoms with E-state index in [0.29, 0.717) is 23.3 Å². The first-order valence-corrected chi connectivity index (χ1v) is 10.4. The Morgan fingerprint density at radius 2 is 2.03 bits per heavy atom. The largest absolute Gasteiger partial charge is 0.494 e. The predicted molar refractivity (Wildman–Crippen MR) is 115 cm³/mol. The zero-order valence-corrected chi connectivity index (χ0v) is 17.2. The van der Waals surface area contributed by atoms with Crippen molar-refractivity contribution in [2.75, 3.05) is 26.2 Å². The first-order valence-electron chi connectivity index (χ1n) is 10.4. The van der Waals surface area contributed by atoms with Crippen molar-refractivity contribution in [3.05, 3.63) is 58.9 Å². The maximum absolute atomic E-state index is 12.9. The molecule has 29 heavy (non-hydrogen) atoms. The average molecular weight is 393 g/mol. The first-order chi connectivity index (χ1) is 14.1. The van der Waals surface area contributed by atoms with E-state index in [2.05, 4.69) is 21.8 Å². The van der Waals surface area contributed by atoms with Gasteiger partial charge in [-0.2, -0.15) is 0 Å². The van der Waals surface area contributed by atoms with Crippen LogP contribution < -0.4 is 10.3 Å². The van der Waals surface area contributed by atoms with E-state index < -0.39 is 0 Å². The van der Waals surface area contributed by atoms with E-state index in [0.717, 1.165) is 30.3 Å². The molecule has 0 unspecified atom stereocenters. The van der Waals surface area contributed by atoms with Crippen LogP contribution in [-0.4, -0.2) is 45.7 Å². The van der Waals surface area contributed by atoms with Gasteiger partial charge in [-0.3, -0.25) is 14.3 Å². The molecule has 6 nitrogen and oxygen atoms in total. The third-order valence-corrected chi connectivity index (χ3v) is 5.56. The normalized spacial score (nSPS) is 17.5. The Balaban J connectivity index is 1.39. The van der Waals surface area contributed by atoms with E-state index in [9.17, 15) is 4.79 Å². The smallest absolute Gasteiger partial charge is 0.267 e.